The molecule has 0 aliphatic heterocycles. The lowest BCUT2D eigenvalue weighted by Crippen LogP contribution is -2.04. The zero-order chi connectivity index (χ0) is 14.9. The van der Waals surface area contributed by atoms with E-state index in [0.29, 0.717) is 22.5 Å². The quantitative estimate of drug-likeness (QED) is 0.910. The first-order valence-electron chi connectivity index (χ1n) is 5.72. The molecule has 106 valence electrons. The minimum absolute atomic E-state index is 0.237. The monoisotopic (exact) mass is 284 g/mol. The van der Waals surface area contributed by atoms with Crippen molar-refractivity contribution < 1.29 is 23.1 Å². The molecular weight excluding hydrogens is 273 g/mol. The zero-order valence-electron chi connectivity index (χ0n) is 10.5. The Morgan fingerprint density at radius 1 is 1.30 bits per heavy atom. The Bertz CT molecular complexity index is 630. The van der Waals surface area contributed by atoms with Crippen molar-refractivity contribution in [3.8, 4) is 11.3 Å². The van der Waals surface area contributed by atoms with Crippen LogP contribution in [-0.2, 0) is 17.4 Å². The molecule has 1 heterocycles. The van der Waals surface area contributed by atoms with Crippen LogP contribution < -0.4 is 0 Å². The number of aromatic nitrogens is 2. The normalized spacial score (nSPS) is 11.6. The van der Waals surface area contributed by atoms with Crippen LogP contribution in [-0.4, -0.2) is 21.3 Å². The summed E-state index contributed by atoms with van der Waals surface area (Å²) in [7, 11) is 0. The van der Waals surface area contributed by atoms with E-state index in [-0.39, 0.29) is 6.42 Å². The summed E-state index contributed by atoms with van der Waals surface area (Å²) >= 11 is 0. The lowest BCUT2D eigenvalue weighted by molar-refractivity contribution is -0.138. The van der Waals surface area contributed by atoms with Crippen LogP contribution in [0.2, 0.25) is 0 Å². The number of carboxylic acid groups (broad SMARTS) is 1. The molecule has 2 aromatic rings. The van der Waals surface area contributed by atoms with Crippen LogP contribution in [0.5, 0.6) is 0 Å². The number of aliphatic carboxylic acids is 1. The average molecular weight is 284 g/mol. The number of hydrogen-bond acceptors (Lipinski definition) is 2. The third-order valence-electron chi connectivity index (χ3n) is 2.89. The molecule has 7 heteroatoms. The Morgan fingerprint density at radius 3 is 2.40 bits per heavy atom. The number of aryl methyl sites for hydroxylation is 1. The second kappa shape index (κ2) is 4.99. The van der Waals surface area contributed by atoms with E-state index in [4.69, 9.17) is 5.11 Å². The van der Waals surface area contributed by atoms with Crippen molar-refractivity contribution in [3.05, 3.63) is 41.1 Å². The van der Waals surface area contributed by atoms with Gasteiger partial charge in [0.2, 0.25) is 0 Å². The molecule has 0 saturated carbocycles. The Balaban J connectivity index is 2.40. The van der Waals surface area contributed by atoms with Crippen LogP contribution in [0.25, 0.3) is 11.3 Å². The highest BCUT2D eigenvalue weighted by atomic mass is 19.4. The number of carbonyl (C=O) groups is 1. The minimum atomic E-state index is -4.40. The van der Waals surface area contributed by atoms with Crippen molar-refractivity contribution in [1.82, 2.24) is 10.2 Å². The summed E-state index contributed by atoms with van der Waals surface area (Å²) in [5, 5.41) is 15.5. The van der Waals surface area contributed by atoms with E-state index in [1.165, 1.54) is 12.1 Å². The molecule has 0 spiro atoms. The van der Waals surface area contributed by atoms with Gasteiger partial charge in [0.05, 0.1) is 17.7 Å². The Kier molecular flexibility index (Phi) is 3.52. The van der Waals surface area contributed by atoms with Crippen molar-refractivity contribution in [2.24, 2.45) is 0 Å². The van der Waals surface area contributed by atoms with Gasteiger partial charge in [-0.15, -0.1) is 0 Å². The molecule has 4 nitrogen and oxygen atoms in total. The standard InChI is InChI=1S/C13H11F3N2O2/c1-7-10(6-11(19)20)12(18-17-7)8-2-4-9(5-3-8)13(14,15)16/h2-5H,6H2,1H3,(H,17,18)(H,19,20). The maximum atomic E-state index is 12.5. The fourth-order valence-corrected chi connectivity index (χ4v) is 1.88. The Hall–Kier alpha value is -2.31. The van der Waals surface area contributed by atoms with Gasteiger partial charge in [-0.2, -0.15) is 18.3 Å². The molecule has 1 aromatic carbocycles. The molecule has 1 aromatic heterocycles. The molecular formula is C13H11F3N2O2. The Morgan fingerprint density at radius 2 is 1.90 bits per heavy atom. The number of hydrogen-bond donors (Lipinski definition) is 2. The summed E-state index contributed by atoms with van der Waals surface area (Å²) in [4.78, 5) is 10.8. The van der Waals surface area contributed by atoms with Crippen molar-refractivity contribution in [2.75, 3.05) is 0 Å². The molecule has 20 heavy (non-hydrogen) atoms. The lowest BCUT2D eigenvalue weighted by atomic mass is 10.0. The van der Waals surface area contributed by atoms with Gasteiger partial charge in [-0.05, 0) is 19.1 Å². The number of nitrogens with zero attached hydrogens (tertiary/aromatic N) is 1. The molecule has 0 unspecified atom stereocenters. The fraction of sp³-hybridized carbons (Fsp3) is 0.231. The lowest BCUT2D eigenvalue weighted by Gasteiger charge is -2.07. The summed E-state index contributed by atoms with van der Waals surface area (Å²) in [6.45, 7) is 1.67. The van der Waals surface area contributed by atoms with Crippen molar-refractivity contribution >= 4 is 5.97 Å². The fourth-order valence-electron chi connectivity index (χ4n) is 1.88. The predicted molar refractivity (Wildman–Crippen MR) is 65.1 cm³/mol. The third-order valence-corrected chi connectivity index (χ3v) is 2.89. The van der Waals surface area contributed by atoms with Crippen molar-refractivity contribution in [2.45, 2.75) is 19.5 Å². The number of halogens is 3. The second-order valence-corrected chi connectivity index (χ2v) is 4.32. The van der Waals surface area contributed by atoms with E-state index in [2.05, 4.69) is 10.2 Å². The molecule has 0 aliphatic carbocycles. The largest absolute Gasteiger partial charge is 0.481 e. The molecule has 0 fully saturated rings. The summed E-state index contributed by atoms with van der Waals surface area (Å²) in [6, 6.07) is 4.46. The van der Waals surface area contributed by atoms with Crippen molar-refractivity contribution in [1.29, 1.82) is 0 Å². The van der Waals surface area contributed by atoms with E-state index in [1.54, 1.807) is 6.92 Å². The Labute approximate surface area is 112 Å². The molecule has 2 rings (SSSR count). The number of carboxylic acids is 1. The highest BCUT2D eigenvalue weighted by Gasteiger charge is 2.30. The number of alkyl halides is 3. The first-order valence-corrected chi connectivity index (χ1v) is 5.72. The van der Waals surface area contributed by atoms with E-state index >= 15 is 0 Å². The van der Waals surface area contributed by atoms with Crippen LogP contribution in [0.3, 0.4) is 0 Å². The maximum absolute atomic E-state index is 12.5. The van der Waals surface area contributed by atoms with Gasteiger partial charge < -0.3 is 5.11 Å². The summed E-state index contributed by atoms with van der Waals surface area (Å²) in [5.74, 6) is -1.03. The molecule has 0 radical (unpaired) electrons. The number of H-pyrrole nitrogens is 1. The van der Waals surface area contributed by atoms with Gasteiger partial charge in [-0.3, -0.25) is 9.89 Å². The van der Waals surface area contributed by atoms with Gasteiger partial charge in [-0.1, -0.05) is 12.1 Å². The van der Waals surface area contributed by atoms with Crippen LogP contribution in [0.1, 0.15) is 16.8 Å². The zero-order valence-corrected chi connectivity index (χ0v) is 10.5. The van der Waals surface area contributed by atoms with Crippen LogP contribution in [0, 0.1) is 6.92 Å². The molecule has 0 amide bonds. The SMILES string of the molecule is Cc1[nH]nc(-c2ccc(C(F)(F)F)cc2)c1CC(=O)O. The summed E-state index contributed by atoms with van der Waals surface area (Å²) < 4.78 is 37.4. The topological polar surface area (TPSA) is 66.0 Å². The summed E-state index contributed by atoms with van der Waals surface area (Å²) in [6.07, 6.45) is -4.64. The van der Waals surface area contributed by atoms with Gasteiger partial charge in [0.25, 0.3) is 0 Å². The number of nitrogens with one attached hydrogen (secondary N) is 1. The van der Waals surface area contributed by atoms with E-state index < -0.39 is 17.7 Å². The highest BCUT2D eigenvalue weighted by molar-refractivity contribution is 5.75. The maximum Gasteiger partial charge on any atom is 0.416 e. The minimum Gasteiger partial charge on any atom is -0.481 e. The van der Waals surface area contributed by atoms with Crippen LogP contribution in [0.4, 0.5) is 13.2 Å². The van der Waals surface area contributed by atoms with Crippen LogP contribution >= 0.6 is 0 Å². The van der Waals surface area contributed by atoms with E-state index in [0.717, 1.165) is 12.1 Å². The first kappa shape index (κ1) is 14.1. The average Bonchev–Trinajstić information content (AvgIpc) is 2.70. The van der Waals surface area contributed by atoms with Gasteiger partial charge in [0.15, 0.2) is 0 Å². The van der Waals surface area contributed by atoms with E-state index in [1.807, 2.05) is 0 Å². The van der Waals surface area contributed by atoms with E-state index in [9.17, 15) is 18.0 Å². The molecule has 2 N–H and O–H groups in total. The van der Waals surface area contributed by atoms with Gasteiger partial charge in [-0.25, -0.2) is 0 Å². The predicted octanol–water partition coefficient (Wildman–Crippen LogP) is 3.03. The van der Waals surface area contributed by atoms with Gasteiger partial charge in [0.1, 0.15) is 0 Å². The van der Waals surface area contributed by atoms with Gasteiger partial charge in [0, 0.05) is 16.8 Å². The smallest absolute Gasteiger partial charge is 0.416 e. The van der Waals surface area contributed by atoms with Gasteiger partial charge >= 0.3 is 12.1 Å². The van der Waals surface area contributed by atoms with Crippen molar-refractivity contribution in [3.63, 3.8) is 0 Å². The highest BCUT2D eigenvalue weighted by Crippen LogP contribution is 2.31. The summed E-state index contributed by atoms with van der Waals surface area (Å²) in [5.41, 5.74) is 1.10. The number of rotatable bonds is 3. The van der Waals surface area contributed by atoms with Crippen LogP contribution in [0.15, 0.2) is 24.3 Å². The third kappa shape index (κ3) is 2.81. The molecule has 0 aliphatic rings. The first-order chi connectivity index (χ1) is 9.29. The number of benzene rings is 1. The molecule has 0 bridgehead atoms. The number of aromatic amines is 1. The molecule has 0 atom stereocenters. The second-order valence-electron chi connectivity index (χ2n) is 4.32. The molecule has 0 saturated heterocycles.